The van der Waals surface area contributed by atoms with Crippen LogP contribution in [0.5, 0.6) is 0 Å². The van der Waals surface area contributed by atoms with E-state index in [0.717, 1.165) is 0 Å². The summed E-state index contributed by atoms with van der Waals surface area (Å²) >= 11 is 0. The zero-order chi connectivity index (χ0) is 16.0. The fourth-order valence-corrected chi connectivity index (χ4v) is 1.44. The second-order valence-corrected chi connectivity index (χ2v) is 4.24. The third-order valence-corrected chi connectivity index (χ3v) is 2.51. The Hall–Kier alpha value is -2.84. The Balaban J connectivity index is 2.59. The Morgan fingerprint density at radius 1 is 1.33 bits per heavy atom. The topological polar surface area (TPSA) is 152 Å². The Labute approximate surface area is 119 Å². The maximum atomic E-state index is 11.8. The Bertz CT molecular complexity index is 539. The van der Waals surface area contributed by atoms with Crippen molar-refractivity contribution in [3.63, 3.8) is 0 Å². The van der Waals surface area contributed by atoms with Gasteiger partial charge in [0.05, 0.1) is 12.7 Å². The first-order valence-corrected chi connectivity index (χ1v) is 5.97. The summed E-state index contributed by atoms with van der Waals surface area (Å²) in [5.74, 6) is -3.63. The van der Waals surface area contributed by atoms with Crippen LogP contribution in [0.25, 0.3) is 0 Å². The molecule has 0 aliphatic heterocycles. The van der Waals surface area contributed by atoms with Crippen LogP contribution in [0.2, 0.25) is 0 Å². The van der Waals surface area contributed by atoms with Crippen LogP contribution in [-0.2, 0) is 14.4 Å². The van der Waals surface area contributed by atoms with E-state index in [0.29, 0.717) is 0 Å². The van der Waals surface area contributed by atoms with Crippen LogP contribution >= 0.6 is 0 Å². The molecule has 0 saturated carbocycles. The van der Waals surface area contributed by atoms with Crippen molar-refractivity contribution < 1.29 is 28.7 Å². The van der Waals surface area contributed by atoms with Crippen molar-refractivity contribution in [3.05, 3.63) is 24.2 Å². The summed E-state index contributed by atoms with van der Waals surface area (Å²) in [6, 6.07) is 0.454. The second kappa shape index (κ2) is 7.08. The first kappa shape index (κ1) is 16.2. The van der Waals surface area contributed by atoms with Gasteiger partial charge in [-0.2, -0.15) is 0 Å². The minimum Gasteiger partial charge on any atom is -0.480 e. The number of primary amides is 1. The van der Waals surface area contributed by atoms with E-state index in [1.54, 1.807) is 0 Å². The number of hydrogen-bond donors (Lipinski definition) is 4. The molecule has 3 amide bonds. The molecule has 114 valence electrons. The van der Waals surface area contributed by atoms with Crippen LogP contribution < -0.4 is 16.4 Å². The standard InChI is InChI=1S/C12H15N3O6/c1-6(14-11(18)8-3-2-4-21-8)10(17)15-7(12(19)20)5-9(13)16/h2-4,6-7H,5H2,1H3,(H2,13,16)(H,14,18)(H,15,17)(H,19,20)/t6?,7-/m1/s1. The number of hydrogen-bond acceptors (Lipinski definition) is 5. The second-order valence-electron chi connectivity index (χ2n) is 4.24. The third kappa shape index (κ3) is 4.97. The van der Waals surface area contributed by atoms with Gasteiger partial charge in [-0.1, -0.05) is 0 Å². The van der Waals surface area contributed by atoms with Gasteiger partial charge in [0, 0.05) is 0 Å². The molecule has 5 N–H and O–H groups in total. The molecule has 9 heteroatoms. The summed E-state index contributed by atoms with van der Waals surface area (Å²) in [5.41, 5.74) is 4.89. The molecule has 0 aromatic carbocycles. The van der Waals surface area contributed by atoms with E-state index in [-0.39, 0.29) is 5.76 Å². The van der Waals surface area contributed by atoms with E-state index in [1.807, 2.05) is 0 Å². The molecule has 0 radical (unpaired) electrons. The monoisotopic (exact) mass is 297 g/mol. The van der Waals surface area contributed by atoms with Gasteiger partial charge in [0.25, 0.3) is 5.91 Å². The molecule has 1 rings (SSSR count). The first-order valence-electron chi connectivity index (χ1n) is 5.97. The molecule has 1 aromatic rings. The number of carboxylic acid groups (broad SMARTS) is 1. The van der Waals surface area contributed by atoms with E-state index in [1.165, 1.54) is 25.3 Å². The van der Waals surface area contributed by atoms with E-state index < -0.39 is 42.2 Å². The fraction of sp³-hybridized carbons (Fsp3) is 0.333. The van der Waals surface area contributed by atoms with Crippen LogP contribution in [0.15, 0.2) is 22.8 Å². The van der Waals surface area contributed by atoms with Gasteiger partial charge in [0.1, 0.15) is 12.1 Å². The van der Waals surface area contributed by atoms with Crippen molar-refractivity contribution in [1.82, 2.24) is 10.6 Å². The fourth-order valence-electron chi connectivity index (χ4n) is 1.44. The van der Waals surface area contributed by atoms with Crippen molar-refractivity contribution >= 4 is 23.7 Å². The molecule has 0 saturated heterocycles. The van der Waals surface area contributed by atoms with Gasteiger partial charge in [-0.25, -0.2) is 4.79 Å². The lowest BCUT2D eigenvalue weighted by Gasteiger charge is -2.17. The zero-order valence-electron chi connectivity index (χ0n) is 11.2. The van der Waals surface area contributed by atoms with Gasteiger partial charge < -0.3 is 25.9 Å². The highest BCUT2D eigenvalue weighted by Crippen LogP contribution is 2.00. The highest BCUT2D eigenvalue weighted by molar-refractivity contribution is 5.96. The van der Waals surface area contributed by atoms with E-state index in [2.05, 4.69) is 10.6 Å². The number of carboxylic acids is 1. The number of carbonyl (C=O) groups excluding carboxylic acids is 3. The lowest BCUT2D eigenvalue weighted by atomic mass is 10.2. The van der Waals surface area contributed by atoms with Crippen LogP contribution in [0.3, 0.4) is 0 Å². The summed E-state index contributed by atoms with van der Waals surface area (Å²) in [4.78, 5) is 45.0. The number of amides is 3. The third-order valence-electron chi connectivity index (χ3n) is 2.51. The molecule has 0 bridgehead atoms. The molecule has 0 spiro atoms. The van der Waals surface area contributed by atoms with Gasteiger partial charge in [-0.15, -0.1) is 0 Å². The van der Waals surface area contributed by atoms with Gasteiger partial charge >= 0.3 is 5.97 Å². The van der Waals surface area contributed by atoms with Gasteiger partial charge in [-0.3, -0.25) is 14.4 Å². The summed E-state index contributed by atoms with van der Waals surface area (Å²) in [6.07, 6.45) is 0.757. The molecule has 0 fully saturated rings. The number of rotatable bonds is 7. The lowest BCUT2D eigenvalue weighted by molar-refractivity contribution is -0.143. The molecule has 2 atom stereocenters. The van der Waals surface area contributed by atoms with Gasteiger partial charge in [-0.05, 0) is 19.1 Å². The minimum absolute atomic E-state index is 0.0153. The summed E-state index contributed by atoms with van der Waals surface area (Å²) in [5, 5.41) is 13.3. The largest absolute Gasteiger partial charge is 0.480 e. The number of nitrogens with two attached hydrogens (primary N) is 1. The zero-order valence-corrected chi connectivity index (χ0v) is 11.2. The van der Waals surface area contributed by atoms with E-state index in [4.69, 9.17) is 15.3 Å². The minimum atomic E-state index is -1.45. The summed E-state index contributed by atoms with van der Waals surface area (Å²) in [6.45, 7) is 1.36. The quantitative estimate of drug-likeness (QED) is 0.498. The summed E-state index contributed by atoms with van der Waals surface area (Å²) < 4.78 is 4.85. The summed E-state index contributed by atoms with van der Waals surface area (Å²) in [7, 11) is 0. The average Bonchev–Trinajstić information content (AvgIpc) is 2.90. The molecule has 0 aliphatic carbocycles. The van der Waals surface area contributed by atoms with Gasteiger partial charge in [0.15, 0.2) is 5.76 Å². The Kier molecular flexibility index (Phi) is 5.47. The van der Waals surface area contributed by atoms with Crippen molar-refractivity contribution in [2.75, 3.05) is 0 Å². The maximum Gasteiger partial charge on any atom is 0.326 e. The SMILES string of the molecule is CC(NC(=O)c1ccco1)C(=O)N[C@H](CC(N)=O)C(=O)O. The molecule has 9 nitrogen and oxygen atoms in total. The van der Waals surface area contributed by atoms with Crippen LogP contribution in [0.4, 0.5) is 0 Å². The number of nitrogens with one attached hydrogen (secondary N) is 2. The van der Waals surface area contributed by atoms with Crippen LogP contribution in [0.1, 0.15) is 23.9 Å². The van der Waals surface area contributed by atoms with Gasteiger partial charge in [0.2, 0.25) is 11.8 Å². The first-order chi connectivity index (χ1) is 9.81. The Morgan fingerprint density at radius 2 is 2.00 bits per heavy atom. The predicted molar refractivity (Wildman–Crippen MR) is 69.0 cm³/mol. The number of aliphatic carboxylic acids is 1. The smallest absolute Gasteiger partial charge is 0.326 e. The van der Waals surface area contributed by atoms with Crippen LogP contribution in [0, 0.1) is 0 Å². The predicted octanol–water partition coefficient (Wildman–Crippen LogP) is -1.16. The highest BCUT2D eigenvalue weighted by atomic mass is 16.4. The van der Waals surface area contributed by atoms with Crippen molar-refractivity contribution in [3.8, 4) is 0 Å². The Morgan fingerprint density at radius 3 is 2.48 bits per heavy atom. The molecular formula is C12H15N3O6. The maximum absolute atomic E-state index is 11.8. The average molecular weight is 297 g/mol. The van der Waals surface area contributed by atoms with Crippen molar-refractivity contribution in [2.45, 2.75) is 25.4 Å². The molecule has 1 aromatic heterocycles. The molecule has 0 aliphatic rings. The lowest BCUT2D eigenvalue weighted by Crippen LogP contribution is -2.51. The number of carbonyl (C=O) groups is 4. The molecular weight excluding hydrogens is 282 g/mol. The molecule has 1 unspecified atom stereocenters. The van der Waals surface area contributed by atoms with E-state index >= 15 is 0 Å². The number of furan rings is 1. The highest BCUT2D eigenvalue weighted by Gasteiger charge is 2.25. The van der Waals surface area contributed by atoms with Crippen molar-refractivity contribution in [2.24, 2.45) is 5.73 Å². The molecule has 1 heterocycles. The van der Waals surface area contributed by atoms with E-state index in [9.17, 15) is 19.2 Å². The molecule has 21 heavy (non-hydrogen) atoms. The normalized spacial score (nSPS) is 13.0. The van der Waals surface area contributed by atoms with Crippen LogP contribution in [-0.4, -0.2) is 40.9 Å². The van der Waals surface area contributed by atoms with Crippen molar-refractivity contribution in [1.29, 1.82) is 0 Å².